The predicted octanol–water partition coefficient (Wildman–Crippen LogP) is 2.20. The fourth-order valence-electron chi connectivity index (χ4n) is 1.90. The molecule has 98 valence electrons. The molecule has 5 nitrogen and oxygen atoms in total. The standard InChI is InChI=1S/C14H15N3O2/c1-9-8-16-14(17-13(9)15)10-3-4-11-12(7-10)19-6-2-5-18-11/h3-4,7-8H,2,5-6H2,1H3,(H2,15,16,17). The molecule has 2 aromatic rings. The maximum atomic E-state index is 5.81. The Morgan fingerprint density at radius 1 is 1.16 bits per heavy atom. The zero-order valence-corrected chi connectivity index (χ0v) is 10.7. The van der Waals surface area contributed by atoms with E-state index in [2.05, 4.69) is 9.97 Å². The van der Waals surface area contributed by atoms with Gasteiger partial charge in [0.15, 0.2) is 17.3 Å². The Morgan fingerprint density at radius 2 is 1.95 bits per heavy atom. The van der Waals surface area contributed by atoms with Gasteiger partial charge in [0.05, 0.1) is 13.2 Å². The fraction of sp³-hybridized carbons (Fsp3) is 0.286. The summed E-state index contributed by atoms with van der Waals surface area (Å²) < 4.78 is 11.2. The first-order valence-corrected chi connectivity index (χ1v) is 6.23. The van der Waals surface area contributed by atoms with Gasteiger partial charge in [-0.15, -0.1) is 0 Å². The average Bonchev–Trinajstić information content (AvgIpc) is 2.66. The van der Waals surface area contributed by atoms with Crippen LogP contribution in [0.15, 0.2) is 24.4 Å². The van der Waals surface area contributed by atoms with Crippen LogP contribution in [0.3, 0.4) is 0 Å². The zero-order valence-electron chi connectivity index (χ0n) is 10.7. The van der Waals surface area contributed by atoms with Crippen molar-refractivity contribution in [3.8, 4) is 22.9 Å². The molecule has 0 unspecified atom stereocenters. The summed E-state index contributed by atoms with van der Waals surface area (Å²) in [5, 5.41) is 0. The molecule has 0 aliphatic carbocycles. The van der Waals surface area contributed by atoms with Gasteiger partial charge in [0.2, 0.25) is 0 Å². The van der Waals surface area contributed by atoms with Crippen molar-refractivity contribution in [3.05, 3.63) is 30.0 Å². The average molecular weight is 257 g/mol. The van der Waals surface area contributed by atoms with Gasteiger partial charge < -0.3 is 15.2 Å². The van der Waals surface area contributed by atoms with E-state index in [0.29, 0.717) is 24.9 Å². The summed E-state index contributed by atoms with van der Waals surface area (Å²) in [5.74, 6) is 2.59. The molecule has 1 aliphatic heterocycles. The highest BCUT2D eigenvalue weighted by Gasteiger charge is 2.12. The van der Waals surface area contributed by atoms with Crippen molar-refractivity contribution in [1.29, 1.82) is 0 Å². The summed E-state index contributed by atoms with van der Waals surface area (Å²) in [4.78, 5) is 8.58. The molecule has 2 N–H and O–H groups in total. The number of nitrogens with zero attached hydrogens (tertiary/aromatic N) is 2. The lowest BCUT2D eigenvalue weighted by atomic mass is 10.2. The molecule has 0 fully saturated rings. The SMILES string of the molecule is Cc1cnc(-c2ccc3c(c2)OCCCO3)nc1N. The van der Waals surface area contributed by atoms with E-state index in [4.69, 9.17) is 15.2 Å². The van der Waals surface area contributed by atoms with Crippen LogP contribution in [0.2, 0.25) is 0 Å². The van der Waals surface area contributed by atoms with Gasteiger partial charge in [-0.25, -0.2) is 9.97 Å². The molecule has 1 aliphatic rings. The Labute approximate surface area is 111 Å². The third kappa shape index (κ3) is 2.31. The van der Waals surface area contributed by atoms with Gasteiger partial charge in [0.25, 0.3) is 0 Å². The number of aryl methyl sites for hydroxylation is 1. The lowest BCUT2D eigenvalue weighted by molar-refractivity contribution is 0.297. The van der Waals surface area contributed by atoms with Crippen LogP contribution in [-0.2, 0) is 0 Å². The quantitative estimate of drug-likeness (QED) is 0.848. The molecule has 0 amide bonds. The topological polar surface area (TPSA) is 70.3 Å². The second-order valence-electron chi connectivity index (χ2n) is 4.47. The van der Waals surface area contributed by atoms with Gasteiger partial charge in [-0.05, 0) is 25.1 Å². The summed E-state index contributed by atoms with van der Waals surface area (Å²) >= 11 is 0. The molecular weight excluding hydrogens is 242 g/mol. The molecule has 0 saturated heterocycles. The van der Waals surface area contributed by atoms with Crippen molar-refractivity contribution in [1.82, 2.24) is 9.97 Å². The Kier molecular flexibility index (Phi) is 2.95. The van der Waals surface area contributed by atoms with Crippen molar-refractivity contribution in [3.63, 3.8) is 0 Å². The van der Waals surface area contributed by atoms with Crippen molar-refractivity contribution in [2.45, 2.75) is 13.3 Å². The fourth-order valence-corrected chi connectivity index (χ4v) is 1.90. The van der Waals surface area contributed by atoms with E-state index in [1.54, 1.807) is 6.20 Å². The highest BCUT2D eigenvalue weighted by molar-refractivity contribution is 5.62. The second-order valence-corrected chi connectivity index (χ2v) is 4.47. The van der Waals surface area contributed by atoms with Crippen LogP contribution >= 0.6 is 0 Å². The highest BCUT2D eigenvalue weighted by atomic mass is 16.5. The van der Waals surface area contributed by atoms with E-state index >= 15 is 0 Å². The molecule has 19 heavy (non-hydrogen) atoms. The molecule has 0 bridgehead atoms. The maximum absolute atomic E-state index is 5.81. The second kappa shape index (κ2) is 4.76. The molecule has 0 spiro atoms. The maximum Gasteiger partial charge on any atom is 0.161 e. The van der Waals surface area contributed by atoms with Gasteiger partial charge in [-0.2, -0.15) is 0 Å². The van der Waals surface area contributed by atoms with Gasteiger partial charge in [-0.3, -0.25) is 0 Å². The lowest BCUT2D eigenvalue weighted by Gasteiger charge is -2.09. The van der Waals surface area contributed by atoms with Crippen molar-refractivity contribution in [2.75, 3.05) is 18.9 Å². The van der Waals surface area contributed by atoms with Crippen LogP contribution < -0.4 is 15.2 Å². The molecule has 0 radical (unpaired) electrons. The first kappa shape index (κ1) is 11.8. The Morgan fingerprint density at radius 3 is 2.74 bits per heavy atom. The number of benzene rings is 1. The third-order valence-electron chi connectivity index (χ3n) is 3.02. The normalized spacial score (nSPS) is 13.9. The first-order valence-electron chi connectivity index (χ1n) is 6.23. The molecular formula is C14H15N3O2. The van der Waals surface area contributed by atoms with Gasteiger partial charge >= 0.3 is 0 Å². The molecule has 1 aromatic carbocycles. The van der Waals surface area contributed by atoms with Crippen LogP contribution in [0.4, 0.5) is 5.82 Å². The number of anilines is 1. The largest absolute Gasteiger partial charge is 0.490 e. The van der Waals surface area contributed by atoms with E-state index in [0.717, 1.165) is 29.0 Å². The summed E-state index contributed by atoms with van der Waals surface area (Å²) in [6.45, 7) is 3.22. The molecule has 0 saturated carbocycles. The zero-order chi connectivity index (χ0) is 13.2. The number of aromatic nitrogens is 2. The Hall–Kier alpha value is -2.30. The Bertz CT molecular complexity index is 614. The lowest BCUT2D eigenvalue weighted by Crippen LogP contribution is -1.99. The minimum absolute atomic E-state index is 0.497. The Balaban J connectivity index is 2.01. The van der Waals surface area contributed by atoms with E-state index in [1.807, 2.05) is 25.1 Å². The van der Waals surface area contributed by atoms with Crippen molar-refractivity contribution in [2.24, 2.45) is 0 Å². The van der Waals surface area contributed by atoms with Gasteiger partial charge in [0, 0.05) is 23.7 Å². The van der Waals surface area contributed by atoms with Gasteiger partial charge in [-0.1, -0.05) is 0 Å². The molecule has 0 atom stereocenters. The van der Waals surface area contributed by atoms with E-state index in [-0.39, 0.29) is 0 Å². The van der Waals surface area contributed by atoms with Crippen molar-refractivity contribution < 1.29 is 9.47 Å². The molecule has 3 rings (SSSR count). The minimum atomic E-state index is 0.497. The van der Waals surface area contributed by atoms with E-state index in [9.17, 15) is 0 Å². The summed E-state index contributed by atoms with van der Waals surface area (Å²) in [7, 11) is 0. The molecule has 2 heterocycles. The summed E-state index contributed by atoms with van der Waals surface area (Å²) in [6, 6.07) is 5.69. The van der Waals surface area contributed by atoms with Crippen molar-refractivity contribution >= 4 is 5.82 Å². The molecule has 5 heteroatoms. The molecule has 1 aromatic heterocycles. The number of hydrogen-bond acceptors (Lipinski definition) is 5. The minimum Gasteiger partial charge on any atom is -0.490 e. The van der Waals surface area contributed by atoms with E-state index < -0.39 is 0 Å². The van der Waals surface area contributed by atoms with Crippen LogP contribution in [0.25, 0.3) is 11.4 Å². The van der Waals surface area contributed by atoms with E-state index in [1.165, 1.54) is 0 Å². The highest BCUT2D eigenvalue weighted by Crippen LogP contribution is 2.33. The monoisotopic (exact) mass is 257 g/mol. The number of fused-ring (bicyclic) bond motifs is 1. The predicted molar refractivity (Wildman–Crippen MR) is 72.2 cm³/mol. The number of ether oxygens (including phenoxy) is 2. The smallest absolute Gasteiger partial charge is 0.161 e. The van der Waals surface area contributed by atoms with Crippen LogP contribution in [0.1, 0.15) is 12.0 Å². The summed E-state index contributed by atoms with van der Waals surface area (Å²) in [5.41, 5.74) is 7.56. The first-order chi connectivity index (χ1) is 9.24. The summed E-state index contributed by atoms with van der Waals surface area (Å²) in [6.07, 6.45) is 2.61. The number of nitrogen functional groups attached to an aromatic ring is 1. The third-order valence-corrected chi connectivity index (χ3v) is 3.02. The van der Waals surface area contributed by atoms with Crippen LogP contribution in [0, 0.1) is 6.92 Å². The van der Waals surface area contributed by atoms with Crippen LogP contribution in [-0.4, -0.2) is 23.2 Å². The number of rotatable bonds is 1. The number of nitrogens with two attached hydrogens (primary N) is 1. The van der Waals surface area contributed by atoms with Gasteiger partial charge in [0.1, 0.15) is 5.82 Å². The number of hydrogen-bond donors (Lipinski definition) is 1. The van der Waals surface area contributed by atoms with Crippen LogP contribution in [0.5, 0.6) is 11.5 Å².